The van der Waals surface area contributed by atoms with Crippen molar-refractivity contribution in [3.05, 3.63) is 0 Å². The van der Waals surface area contributed by atoms with Crippen molar-refractivity contribution in [1.29, 1.82) is 0 Å². The maximum atomic E-state index is 10.4. The molecular weight excluding hydrogens is 214 g/mol. The van der Waals surface area contributed by atoms with Crippen molar-refractivity contribution in [3.63, 3.8) is 0 Å². The smallest absolute Gasteiger partial charge is 0.0795 e. The molecule has 0 aromatic carbocycles. The van der Waals surface area contributed by atoms with Gasteiger partial charge in [0, 0.05) is 19.1 Å². The standard InChI is InChI=1S/C13H27N3O/c1-2-16-9-3-4-12(16)10-15-11-13(17)5-7-14-8-6-13/h12,14-15,17H,2-11H2,1H3. The van der Waals surface area contributed by atoms with Crippen molar-refractivity contribution in [2.24, 2.45) is 0 Å². The Morgan fingerprint density at radius 1 is 1.41 bits per heavy atom. The molecule has 2 aliphatic rings. The van der Waals surface area contributed by atoms with Gasteiger partial charge < -0.3 is 15.7 Å². The summed E-state index contributed by atoms with van der Waals surface area (Å²) in [7, 11) is 0. The molecule has 3 N–H and O–H groups in total. The molecule has 2 fully saturated rings. The predicted molar refractivity (Wildman–Crippen MR) is 70.2 cm³/mol. The highest BCUT2D eigenvalue weighted by Crippen LogP contribution is 2.18. The van der Waals surface area contributed by atoms with Gasteiger partial charge in [-0.15, -0.1) is 0 Å². The predicted octanol–water partition coefficient (Wildman–Crippen LogP) is 0.175. The van der Waals surface area contributed by atoms with Gasteiger partial charge >= 0.3 is 0 Å². The van der Waals surface area contributed by atoms with E-state index in [1.807, 2.05) is 0 Å². The van der Waals surface area contributed by atoms with Crippen molar-refractivity contribution in [2.45, 2.75) is 44.2 Å². The highest BCUT2D eigenvalue weighted by atomic mass is 16.3. The van der Waals surface area contributed by atoms with Crippen LogP contribution in [0.1, 0.15) is 32.6 Å². The molecule has 0 spiro atoms. The average Bonchev–Trinajstić information content (AvgIpc) is 2.77. The SMILES string of the molecule is CCN1CCCC1CNCC1(O)CCNCC1. The largest absolute Gasteiger partial charge is 0.388 e. The molecule has 0 aromatic heterocycles. The van der Waals surface area contributed by atoms with E-state index in [1.165, 1.54) is 19.4 Å². The maximum Gasteiger partial charge on any atom is 0.0795 e. The van der Waals surface area contributed by atoms with E-state index in [-0.39, 0.29) is 0 Å². The highest BCUT2D eigenvalue weighted by molar-refractivity contribution is 4.88. The number of rotatable bonds is 5. The molecule has 2 saturated heterocycles. The lowest BCUT2D eigenvalue weighted by atomic mass is 9.92. The Bertz CT molecular complexity index is 229. The summed E-state index contributed by atoms with van der Waals surface area (Å²) >= 11 is 0. The van der Waals surface area contributed by atoms with E-state index in [9.17, 15) is 5.11 Å². The van der Waals surface area contributed by atoms with E-state index in [1.54, 1.807) is 0 Å². The van der Waals surface area contributed by atoms with Gasteiger partial charge in [0.15, 0.2) is 0 Å². The van der Waals surface area contributed by atoms with Crippen LogP contribution in [-0.4, -0.2) is 60.9 Å². The first kappa shape index (κ1) is 13.3. The van der Waals surface area contributed by atoms with E-state index >= 15 is 0 Å². The van der Waals surface area contributed by atoms with Crippen molar-refractivity contribution < 1.29 is 5.11 Å². The van der Waals surface area contributed by atoms with Crippen LogP contribution in [0.3, 0.4) is 0 Å². The number of piperidine rings is 1. The number of aliphatic hydroxyl groups is 1. The molecule has 0 aliphatic carbocycles. The quantitative estimate of drug-likeness (QED) is 0.642. The third-order valence-corrected chi connectivity index (χ3v) is 4.27. The van der Waals surface area contributed by atoms with Gasteiger partial charge in [-0.05, 0) is 51.9 Å². The number of nitrogens with one attached hydrogen (secondary N) is 2. The van der Waals surface area contributed by atoms with Gasteiger partial charge in [-0.25, -0.2) is 0 Å². The highest BCUT2D eigenvalue weighted by Gasteiger charge is 2.29. The summed E-state index contributed by atoms with van der Waals surface area (Å²) in [6.45, 7) is 8.31. The second-order valence-electron chi connectivity index (χ2n) is 5.53. The van der Waals surface area contributed by atoms with Gasteiger partial charge in [-0.2, -0.15) is 0 Å². The van der Waals surface area contributed by atoms with E-state index in [2.05, 4.69) is 22.5 Å². The molecule has 1 unspecified atom stereocenters. The molecule has 4 nitrogen and oxygen atoms in total. The van der Waals surface area contributed by atoms with Crippen molar-refractivity contribution in [1.82, 2.24) is 15.5 Å². The molecule has 2 aliphatic heterocycles. The van der Waals surface area contributed by atoms with Crippen LogP contribution in [0.25, 0.3) is 0 Å². The van der Waals surface area contributed by atoms with Gasteiger partial charge in [0.2, 0.25) is 0 Å². The van der Waals surface area contributed by atoms with E-state index in [0.717, 1.165) is 45.6 Å². The minimum atomic E-state index is -0.471. The van der Waals surface area contributed by atoms with Gasteiger partial charge in [0.25, 0.3) is 0 Å². The molecule has 0 bridgehead atoms. The molecular formula is C13H27N3O. The number of hydrogen-bond acceptors (Lipinski definition) is 4. The van der Waals surface area contributed by atoms with Crippen LogP contribution in [0, 0.1) is 0 Å². The van der Waals surface area contributed by atoms with E-state index in [0.29, 0.717) is 6.04 Å². The Labute approximate surface area is 105 Å². The van der Waals surface area contributed by atoms with Gasteiger partial charge in [-0.3, -0.25) is 4.90 Å². The van der Waals surface area contributed by atoms with Gasteiger partial charge in [-0.1, -0.05) is 6.92 Å². The molecule has 1 atom stereocenters. The summed E-state index contributed by atoms with van der Waals surface area (Å²) in [5.74, 6) is 0. The Morgan fingerprint density at radius 3 is 2.88 bits per heavy atom. The minimum absolute atomic E-state index is 0.471. The molecule has 0 saturated carbocycles. The number of likely N-dealkylation sites (tertiary alicyclic amines) is 1. The first-order valence-corrected chi connectivity index (χ1v) is 7.11. The van der Waals surface area contributed by atoms with Crippen LogP contribution in [0.5, 0.6) is 0 Å². The van der Waals surface area contributed by atoms with Crippen molar-refractivity contribution in [2.75, 3.05) is 39.3 Å². The summed E-state index contributed by atoms with van der Waals surface area (Å²) in [6.07, 6.45) is 4.39. The zero-order valence-corrected chi connectivity index (χ0v) is 11.0. The maximum absolute atomic E-state index is 10.4. The first-order valence-electron chi connectivity index (χ1n) is 7.11. The third kappa shape index (κ3) is 3.65. The molecule has 0 amide bonds. The number of nitrogens with zero attached hydrogens (tertiary/aromatic N) is 1. The average molecular weight is 241 g/mol. The van der Waals surface area contributed by atoms with Gasteiger partial charge in [0.1, 0.15) is 0 Å². The van der Waals surface area contributed by atoms with E-state index < -0.39 is 5.60 Å². The molecule has 2 rings (SSSR count). The topological polar surface area (TPSA) is 47.5 Å². The first-order chi connectivity index (χ1) is 8.23. The van der Waals surface area contributed by atoms with Crippen molar-refractivity contribution >= 4 is 0 Å². The summed E-state index contributed by atoms with van der Waals surface area (Å²) < 4.78 is 0. The van der Waals surface area contributed by atoms with Crippen LogP contribution in [0.4, 0.5) is 0 Å². The summed E-state index contributed by atoms with van der Waals surface area (Å²) in [4.78, 5) is 2.54. The van der Waals surface area contributed by atoms with Crippen LogP contribution in [0.2, 0.25) is 0 Å². The minimum Gasteiger partial charge on any atom is -0.388 e. The third-order valence-electron chi connectivity index (χ3n) is 4.27. The monoisotopic (exact) mass is 241 g/mol. The lowest BCUT2D eigenvalue weighted by Gasteiger charge is -2.33. The van der Waals surface area contributed by atoms with Crippen LogP contribution in [0.15, 0.2) is 0 Å². The van der Waals surface area contributed by atoms with Crippen molar-refractivity contribution in [3.8, 4) is 0 Å². The molecule has 4 heteroatoms. The lowest BCUT2D eigenvalue weighted by Crippen LogP contribution is -2.50. The zero-order chi connectivity index (χ0) is 12.1. The Morgan fingerprint density at radius 2 is 2.18 bits per heavy atom. The van der Waals surface area contributed by atoms with Crippen LogP contribution < -0.4 is 10.6 Å². The Hall–Kier alpha value is -0.160. The molecule has 0 aromatic rings. The fourth-order valence-corrected chi connectivity index (χ4v) is 3.08. The summed E-state index contributed by atoms with van der Waals surface area (Å²) in [5, 5.41) is 17.1. The second kappa shape index (κ2) is 6.14. The zero-order valence-electron chi connectivity index (χ0n) is 11.0. The van der Waals surface area contributed by atoms with Crippen LogP contribution in [-0.2, 0) is 0 Å². The summed E-state index contributed by atoms with van der Waals surface area (Å²) in [5.41, 5.74) is -0.471. The second-order valence-corrected chi connectivity index (χ2v) is 5.53. The van der Waals surface area contributed by atoms with E-state index in [4.69, 9.17) is 0 Å². The molecule has 2 heterocycles. The normalized spacial score (nSPS) is 29.6. The molecule has 0 radical (unpaired) electrons. The summed E-state index contributed by atoms with van der Waals surface area (Å²) in [6, 6.07) is 0.685. The molecule has 17 heavy (non-hydrogen) atoms. The lowest BCUT2D eigenvalue weighted by molar-refractivity contribution is 0.0102. The fourth-order valence-electron chi connectivity index (χ4n) is 3.08. The molecule has 100 valence electrons. The van der Waals surface area contributed by atoms with Crippen LogP contribution >= 0.6 is 0 Å². The number of hydrogen-bond donors (Lipinski definition) is 3. The van der Waals surface area contributed by atoms with Gasteiger partial charge in [0.05, 0.1) is 5.60 Å². The number of likely N-dealkylation sites (N-methyl/N-ethyl adjacent to an activating group) is 1. The Balaban J connectivity index is 1.68. The Kier molecular flexibility index (Phi) is 4.79. The fraction of sp³-hybridized carbons (Fsp3) is 1.00.